The number of ether oxygens (including phenoxy) is 2. The lowest BCUT2D eigenvalue weighted by Crippen LogP contribution is -2.37. The number of aryl methyl sites for hydroxylation is 1. The van der Waals surface area contributed by atoms with Gasteiger partial charge in [0.25, 0.3) is 11.8 Å². The van der Waals surface area contributed by atoms with Gasteiger partial charge in [0.15, 0.2) is 6.61 Å². The molecule has 0 unspecified atom stereocenters. The van der Waals surface area contributed by atoms with Gasteiger partial charge in [-0.25, -0.2) is 0 Å². The molecule has 0 aliphatic carbocycles. The summed E-state index contributed by atoms with van der Waals surface area (Å²) in [5.41, 5.74) is 1.60. The molecular weight excluding hydrogens is 384 g/mol. The number of amides is 2. The van der Waals surface area contributed by atoms with E-state index in [2.05, 4.69) is 10.6 Å². The van der Waals surface area contributed by atoms with Crippen LogP contribution in [0.2, 0.25) is 0 Å². The molecule has 0 aliphatic heterocycles. The summed E-state index contributed by atoms with van der Waals surface area (Å²) in [7, 11) is 0. The molecule has 0 saturated carbocycles. The zero-order chi connectivity index (χ0) is 21.8. The lowest BCUT2D eigenvalue weighted by molar-refractivity contribution is -0.147. The first kappa shape index (κ1) is 22.9. The smallest absolute Gasteiger partial charge is 0.325 e. The lowest BCUT2D eigenvalue weighted by Gasteiger charge is -2.14. The molecule has 0 heterocycles. The fourth-order valence-electron chi connectivity index (χ4n) is 2.74. The largest absolute Gasteiger partial charge is 0.494 e. The Balaban J connectivity index is 1.63. The van der Waals surface area contributed by atoms with E-state index in [9.17, 15) is 14.4 Å². The number of hydrogen-bond donors (Lipinski definition) is 2. The highest BCUT2D eigenvalue weighted by Gasteiger charge is 2.12. The van der Waals surface area contributed by atoms with E-state index >= 15 is 0 Å². The van der Waals surface area contributed by atoms with Crippen LogP contribution in [0.4, 0.5) is 0 Å². The minimum Gasteiger partial charge on any atom is -0.494 e. The van der Waals surface area contributed by atoms with Crippen LogP contribution in [-0.2, 0) is 20.7 Å². The summed E-state index contributed by atoms with van der Waals surface area (Å²) in [5, 5.41) is 5.26. The zero-order valence-corrected chi connectivity index (χ0v) is 17.4. The highest BCUT2D eigenvalue weighted by atomic mass is 16.5. The second kappa shape index (κ2) is 12.3. The van der Waals surface area contributed by atoms with Gasteiger partial charge in [0.2, 0.25) is 0 Å². The summed E-state index contributed by atoms with van der Waals surface area (Å²) >= 11 is 0. The molecule has 2 aromatic carbocycles. The van der Waals surface area contributed by atoms with Crippen LogP contribution in [-0.4, -0.2) is 43.6 Å². The van der Waals surface area contributed by atoms with Crippen LogP contribution in [0.3, 0.4) is 0 Å². The highest BCUT2D eigenvalue weighted by Crippen LogP contribution is 2.11. The van der Waals surface area contributed by atoms with Gasteiger partial charge in [0, 0.05) is 11.6 Å². The van der Waals surface area contributed by atoms with Crippen molar-refractivity contribution < 1.29 is 23.9 Å². The number of carbonyl (C=O) groups excluding carboxylic acids is 3. The average Bonchev–Trinajstić information content (AvgIpc) is 2.76. The van der Waals surface area contributed by atoms with Gasteiger partial charge in [-0.3, -0.25) is 14.4 Å². The van der Waals surface area contributed by atoms with Gasteiger partial charge in [-0.2, -0.15) is 0 Å². The van der Waals surface area contributed by atoms with Crippen LogP contribution in [0.1, 0.15) is 36.2 Å². The molecule has 1 atom stereocenters. The molecule has 0 bridgehead atoms. The molecule has 0 spiro atoms. The van der Waals surface area contributed by atoms with E-state index in [4.69, 9.17) is 9.47 Å². The first-order chi connectivity index (χ1) is 14.5. The Morgan fingerprint density at radius 2 is 1.70 bits per heavy atom. The molecule has 7 nitrogen and oxygen atoms in total. The van der Waals surface area contributed by atoms with Gasteiger partial charge >= 0.3 is 5.97 Å². The van der Waals surface area contributed by atoms with E-state index in [1.54, 1.807) is 24.3 Å². The molecule has 30 heavy (non-hydrogen) atoms. The maximum atomic E-state index is 12.1. The molecule has 0 fully saturated rings. The zero-order valence-electron chi connectivity index (χ0n) is 17.4. The molecule has 160 valence electrons. The van der Waals surface area contributed by atoms with E-state index in [0.717, 1.165) is 12.8 Å². The fourth-order valence-corrected chi connectivity index (χ4v) is 2.74. The summed E-state index contributed by atoms with van der Waals surface area (Å²) in [6.45, 7) is 3.62. The Morgan fingerprint density at radius 3 is 2.37 bits per heavy atom. The maximum Gasteiger partial charge on any atom is 0.325 e. The minimum absolute atomic E-state index is 0.0456. The molecule has 0 aliphatic rings. The highest BCUT2D eigenvalue weighted by molar-refractivity contribution is 5.96. The third-order valence-corrected chi connectivity index (χ3v) is 4.30. The maximum absolute atomic E-state index is 12.1. The van der Waals surface area contributed by atoms with Gasteiger partial charge < -0.3 is 20.1 Å². The second-order valence-corrected chi connectivity index (χ2v) is 6.79. The molecule has 0 radical (unpaired) electrons. The SMILES string of the molecule is CCOc1ccc(C(=O)NCC(=O)OCC(=O)N[C@H](C)CCc2ccccc2)cc1. The van der Waals surface area contributed by atoms with Crippen LogP contribution < -0.4 is 15.4 Å². The number of benzene rings is 2. The van der Waals surface area contributed by atoms with Crippen molar-refractivity contribution >= 4 is 17.8 Å². The fraction of sp³-hybridized carbons (Fsp3) is 0.348. The molecule has 0 aromatic heterocycles. The molecule has 2 amide bonds. The summed E-state index contributed by atoms with van der Waals surface area (Å²) in [4.78, 5) is 35.8. The standard InChI is InChI=1S/C23H28N2O5/c1-3-29-20-13-11-19(12-14-20)23(28)24-15-22(27)30-16-21(26)25-17(2)9-10-18-7-5-4-6-8-18/h4-8,11-14,17H,3,9-10,15-16H2,1-2H3,(H,24,28)(H,25,26)/t17-/m1/s1. The van der Waals surface area contributed by atoms with Crippen molar-refractivity contribution in [3.8, 4) is 5.75 Å². The number of hydrogen-bond acceptors (Lipinski definition) is 5. The number of esters is 1. The lowest BCUT2D eigenvalue weighted by atomic mass is 10.1. The normalized spacial score (nSPS) is 11.3. The Hall–Kier alpha value is -3.35. The van der Waals surface area contributed by atoms with Crippen LogP contribution >= 0.6 is 0 Å². The van der Waals surface area contributed by atoms with Crippen molar-refractivity contribution in [1.29, 1.82) is 0 Å². The second-order valence-electron chi connectivity index (χ2n) is 6.79. The molecule has 2 N–H and O–H groups in total. The Labute approximate surface area is 176 Å². The van der Waals surface area contributed by atoms with Crippen molar-refractivity contribution in [1.82, 2.24) is 10.6 Å². The molecule has 2 rings (SSSR count). The van der Waals surface area contributed by atoms with E-state index in [-0.39, 0.29) is 25.1 Å². The number of carbonyl (C=O) groups is 3. The van der Waals surface area contributed by atoms with E-state index in [1.165, 1.54) is 5.56 Å². The molecule has 2 aromatic rings. The van der Waals surface area contributed by atoms with E-state index < -0.39 is 11.9 Å². The number of nitrogens with one attached hydrogen (secondary N) is 2. The summed E-state index contributed by atoms with van der Waals surface area (Å²) in [6, 6.07) is 16.5. The third kappa shape index (κ3) is 8.34. The molecule has 0 saturated heterocycles. The van der Waals surface area contributed by atoms with Gasteiger partial charge in [0.05, 0.1) is 6.61 Å². The monoisotopic (exact) mass is 412 g/mol. The predicted octanol–water partition coefficient (Wildman–Crippen LogP) is 2.50. The van der Waals surface area contributed by atoms with E-state index in [0.29, 0.717) is 17.9 Å². The van der Waals surface area contributed by atoms with Crippen molar-refractivity contribution in [3.05, 3.63) is 65.7 Å². The predicted molar refractivity (Wildman–Crippen MR) is 113 cm³/mol. The number of rotatable bonds is 11. The van der Waals surface area contributed by atoms with Crippen molar-refractivity contribution in [2.75, 3.05) is 19.8 Å². The van der Waals surface area contributed by atoms with E-state index in [1.807, 2.05) is 44.2 Å². The summed E-state index contributed by atoms with van der Waals surface area (Å²) in [5.74, 6) is -0.797. The van der Waals surface area contributed by atoms with Gasteiger partial charge in [0.1, 0.15) is 12.3 Å². The van der Waals surface area contributed by atoms with Gasteiger partial charge in [-0.15, -0.1) is 0 Å². The van der Waals surface area contributed by atoms with Crippen LogP contribution in [0.5, 0.6) is 5.75 Å². The molecular formula is C23H28N2O5. The van der Waals surface area contributed by atoms with Gasteiger partial charge in [-0.1, -0.05) is 30.3 Å². The van der Waals surface area contributed by atoms with Crippen molar-refractivity contribution in [2.45, 2.75) is 32.7 Å². The molecule has 7 heteroatoms. The van der Waals surface area contributed by atoms with Crippen LogP contribution in [0.25, 0.3) is 0 Å². The first-order valence-corrected chi connectivity index (χ1v) is 9.98. The third-order valence-electron chi connectivity index (χ3n) is 4.30. The minimum atomic E-state index is -0.679. The van der Waals surface area contributed by atoms with Crippen molar-refractivity contribution in [3.63, 3.8) is 0 Å². The quantitative estimate of drug-likeness (QED) is 0.553. The van der Waals surface area contributed by atoms with Crippen LogP contribution in [0.15, 0.2) is 54.6 Å². The summed E-state index contributed by atoms with van der Waals surface area (Å²) in [6.07, 6.45) is 1.63. The van der Waals surface area contributed by atoms with Crippen molar-refractivity contribution in [2.24, 2.45) is 0 Å². The van der Waals surface area contributed by atoms with Crippen LogP contribution in [0, 0.1) is 0 Å². The Bertz CT molecular complexity index is 821. The van der Waals surface area contributed by atoms with Gasteiger partial charge in [-0.05, 0) is 56.5 Å². The first-order valence-electron chi connectivity index (χ1n) is 9.98. The summed E-state index contributed by atoms with van der Waals surface area (Å²) < 4.78 is 10.2. The average molecular weight is 412 g/mol. The Morgan fingerprint density at radius 1 is 1.00 bits per heavy atom. The topological polar surface area (TPSA) is 93.7 Å². The Kier molecular flexibility index (Phi) is 9.37.